The van der Waals surface area contributed by atoms with E-state index >= 15 is 0 Å². The quantitative estimate of drug-likeness (QED) is 0.864. The molecule has 0 unspecified atom stereocenters. The third-order valence-corrected chi connectivity index (χ3v) is 3.21. The summed E-state index contributed by atoms with van der Waals surface area (Å²) in [7, 11) is 0. The Bertz CT molecular complexity index is 542. The van der Waals surface area contributed by atoms with Crippen LogP contribution in [0.3, 0.4) is 0 Å². The van der Waals surface area contributed by atoms with Crippen LogP contribution in [0.25, 0.3) is 0 Å². The van der Waals surface area contributed by atoms with Crippen LogP contribution < -0.4 is 11.1 Å². The Balaban J connectivity index is 2.00. The number of benzene rings is 1. The average molecular weight is 265 g/mol. The van der Waals surface area contributed by atoms with Gasteiger partial charge in [0.25, 0.3) is 0 Å². The maximum Gasteiger partial charge on any atom is 0.248 e. The molecule has 0 radical (unpaired) electrons. The van der Waals surface area contributed by atoms with Crippen LogP contribution in [0.1, 0.15) is 20.8 Å². The molecule has 18 heavy (non-hydrogen) atoms. The van der Waals surface area contributed by atoms with Crippen LogP contribution in [0.4, 0.5) is 4.39 Å². The van der Waals surface area contributed by atoms with Crippen molar-refractivity contribution in [3.63, 3.8) is 0 Å². The number of rotatable bonds is 5. The molecule has 0 spiro atoms. The lowest BCUT2D eigenvalue weighted by Crippen LogP contribution is -2.15. The zero-order chi connectivity index (χ0) is 13.0. The highest BCUT2D eigenvalue weighted by molar-refractivity contribution is 7.09. The zero-order valence-corrected chi connectivity index (χ0v) is 10.3. The number of carbonyl (C=O) groups excluding carboxylic acids is 1. The summed E-state index contributed by atoms with van der Waals surface area (Å²) >= 11 is 1.53. The molecule has 0 aliphatic rings. The molecule has 0 atom stereocenters. The molecule has 0 aliphatic heterocycles. The molecule has 0 saturated heterocycles. The van der Waals surface area contributed by atoms with Gasteiger partial charge < -0.3 is 11.1 Å². The fraction of sp³-hybridized carbons (Fsp3) is 0.167. The average Bonchev–Trinajstić information content (AvgIpc) is 2.84. The second-order valence-electron chi connectivity index (χ2n) is 3.74. The molecule has 94 valence electrons. The monoisotopic (exact) mass is 265 g/mol. The Hall–Kier alpha value is -1.79. The molecule has 1 aromatic heterocycles. The molecular weight excluding hydrogens is 253 g/mol. The van der Waals surface area contributed by atoms with Crippen molar-refractivity contribution in [2.75, 3.05) is 0 Å². The lowest BCUT2D eigenvalue weighted by Gasteiger charge is -2.06. The van der Waals surface area contributed by atoms with E-state index < -0.39 is 5.91 Å². The molecule has 1 amide bonds. The third kappa shape index (κ3) is 3.12. The summed E-state index contributed by atoms with van der Waals surface area (Å²) in [6.45, 7) is 0.954. The number of amides is 1. The minimum atomic E-state index is -0.557. The van der Waals surface area contributed by atoms with Crippen LogP contribution in [-0.4, -0.2) is 10.9 Å². The van der Waals surface area contributed by atoms with Gasteiger partial charge in [0.15, 0.2) is 0 Å². The molecule has 1 aromatic carbocycles. The Kier molecular flexibility index (Phi) is 4.01. The summed E-state index contributed by atoms with van der Waals surface area (Å²) in [6, 6.07) is 4.10. The SMILES string of the molecule is NC(=O)c1ccc(F)c(CNCc2cncs2)c1. The van der Waals surface area contributed by atoms with Crippen LogP contribution in [0, 0.1) is 5.82 Å². The van der Waals surface area contributed by atoms with E-state index in [-0.39, 0.29) is 5.82 Å². The highest BCUT2D eigenvalue weighted by atomic mass is 32.1. The van der Waals surface area contributed by atoms with Gasteiger partial charge in [-0.15, -0.1) is 11.3 Å². The number of thiazole rings is 1. The molecule has 4 nitrogen and oxygen atoms in total. The standard InChI is InChI=1S/C12H12FN3OS/c13-11-2-1-8(12(14)17)3-9(11)4-15-5-10-6-16-7-18-10/h1-3,6-7,15H,4-5H2,(H2,14,17). The molecule has 2 aromatic rings. The molecule has 0 aliphatic carbocycles. The molecule has 0 saturated carbocycles. The number of hydrogen-bond acceptors (Lipinski definition) is 4. The van der Waals surface area contributed by atoms with Gasteiger partial charge in [-0.1, -0.05) is 0 Å². The summed E-state index contributed by atoms with van der Waals surface area (Å²) in [6.07, 6.45) is 1.76. The second-order valence-corrected chi connectivity index (χ2v) is 4.71. The molecule has 0 fully saturated rings. The normalized spacial score (nSPS) is 10.5. The van der Waals surface area contributed by atoms with Crippen LogP contribution in [0.15, 0.2) is 29.9 Å². The zero-order valence-electron chi connectivity index (χ0n) is 9.52. The van der Waals surface area contributed by atoms with E-state index in [1.54, 1.807) is 11.7 Å². The smallest absolute Gasteiger partial charge is 0.248 e. The number of primary amides is 1. The van der Waals surface area contributed by atoms with Crippen molar-refractivity contribution in [3.8, 4) is 0 Å². The summed E-state index contributed by atoms with van der Waals surface area (Å²) in [5.74, 6) is -0.907. The largest absolute Gasteiger partial charge is 0.366 e. The van der Waals surface area contributed by atoms with Gasteiger partial charge >= 0.3 is 0 Å². The van der Waals surface area contributed by atoms with Gasteiger partial charge in [-0.3, -0.25) is 9.78 Å². The molecular formula is C12H12FN3OS. The van der Waals surface area contributed by atoms with Gasteiger partial charge in [-0.05, 0) is 18.2 Å². The molecule has 2 rings (SSSR count). The van der Waals surface area contributed by atoms with Crippen molar-refractivity contribution in [3.05, 3.63) is 51.7 Å². The Morgan fingerprint density at radius 3 is 2.94 bits per heavy atom. The molecule has 1 heterocycles. The van der Waals surface area contributed by atoms with Crippen molar-refractivity contribution in [1.29, 1.82) is 0 Å². The van der Waals surface area contributed by atoms with Gasteiger partial charge in [-0.2, -0.15) is 0 Å². The summed E-state index contributed by atoms with van der Waals surface area (Å²) in [5, 5.41) is 3.09. The highest BCUT2D eigenvalue weighted by Gasteiger charge is 2.06. The first kappa shape index (κ1) is 12.7. The number of carbonyl (C=O) groups is 1. The Morgan fingerprint density at radius 2 is 2.28 bits per heavy atom. The number of nitrogens with two attached hydrogens (primary N) is 1. The minimum absolute atomic E-state index is 0.311. The topological polar surface area (TPSA) is 68.0 Å². The van der Waals surface area contributed by atoms with E-state index in [0.717, 1.165) is 4.88 Å². The van der Waals surface area contributed by atoms with Gasteiger partial charge in [0.2, 0.25) is 5.91 Å². The summed E-state index contributed by atoms with van der Waals surface area (Å²) < 4.78 is 13.5. The van der Waals surface area contributed by atoms with Crippen LogP contribution in [0.2, 0.25) is 0 Å². The lowest BCUT2D eigenvalue weighted by atomic mass is 10.1. The van der Waals surface area contributed by atoms with E-state index in [1.165, 1.54) is 29.5 Å². The van der Waals surface area contributed by atoms with E-state index in [0.29, 0.717) is 24.2 Å². The number of halogens is 1. The highest BCUT2D eigenvalue weighted by Crippen LogP contribution is 2.11. The fourth-order valence-electron chi connectivity index (χ4n) is 1.51. The summed E-state index contributed by atoms with van der Waals surface area (Å²) in [4.78, 5) is 16.0. The number of nitrogens with zero attached hydrogens (tertiary/aromatic N) is 1. The van der Waals surface area contributed by atoms with Crippen molar-refractivity contribution in [2.24, 2.45) is 5.73 Å². The minimum Gasteiger partial charge on any atom is -0.366 e. The first-order valence-electron chi connectivity index (χ1n) is 5.33. The predicted molar refractivity (Wildman–Crippen MR) is 67.6 cm³/mol. The third-order valence-electron chi connectivity index (χ3n) is 2.43. The van der Waals surface area contributed by atoms with Crippen LogP contribution in [0.5, 0.6) is 0 Å². The molecule has 0 bridgehead atoms. The number of nitrogens with one attached hydrogen (secondary N) is 1. The second kappa shape index (κ2) is 5.70. The molecule has 3 N–H and O–H groups in total. The van der Waals surface area contributed by atoms with Crippen molar-refractivity contribution in [2.45, 2.75) is 13.1 Å². The van der Waals surface area contributed by atoms with Gasteiger partial charge in [0, 0.05) is 35.3 Å². The van der Waals surface area contributed by atoms with E-state index in [4.69, 9.17) is 5.73 Å². The van der Waals surface area contributed by atoms with E-state index in [2.05, 4.69) is 10.3 Å². The van der Waals surface area contributed by atoms with Crippen molar-refractivity contribution >= 4 is 17.2 Å². The number of hydrogen-bond donors (Lipinski definition) is 2. The maximum atomic E-state index is 13.5. The first-order valence-corrected chi connectivity index (χ1v) is 6.21. The lowest BCUT2D eigenvalue weighted by molar-refractivity contribution is 0.1000. The fourth-order valence-corrected chi connectivity index (χ4v) is 2.08. The van der Waals surface area contributed by atoms with E-state index in [9.17, 15) is 9.18 Å². The Labute approximate surface area is 108 Å². The van der Waals surface area contributed by atoms with Gasteiger partial charge in [0.1, 0.15) is 5.82 Å². The van der Waals surface area contributed by atoms with Gasteiger partial charge in [0.05, 0.1) is 5.51 Å². The van der Waals surface area contributed by atoms with Gasteiger partial charge in [-0.25, -0.2) is 4.39 Å². The van der Waals surface area contributed by atoms with Crippen LogP contribution >= 0.6 is 11.3 Å². The maximum absolute atomic E-state index is 13.5. The van der Waals surface area contributed by atoms with Crippen molar-refractivity contribution < 1.29 is 9.18 Å². The van der Waals surface area contributed by atoms with E-state index in [1.807, 2.05) is 0 Å². The Morgan fingerprint density at radius 1 is 1.44 bits per heavy atom. The first-order chi connectivity index (χ1) is 8.66. The van der Waals surface area contributed by atoms with Crippen LogP contribution in [-0.2, 0) is 13.1 Å². The van der Waals surface area contributed by atoms with Crippen molar-refractivity contribution in [1.82, 2.24) is 10.3 Å². The summed E-state index contributed by atoms with van der Waals surface area (Å²) in [5.41, 5.74) is 7.63. The number of aromatic nitrogens is 1. The molecule has 6 heteroatoms. The predicted octanol–water partition coefficient (Wildman–Crippen LogP) is 1.67.